The van der Waals surface area contributed by atoms with Crippen molar-refractivity contribution in [2.45, 2.75) is 30.9 Å². The van der Waals surface area contributed by atoms with Gasteiger partial charge in [-0.25, -0.2) is 8.42 Å². The van der Waals surface area contributed by atoms with E-state index in [4.69, 9.17) is 4.74 Å². The molecule has 1 unspecified atom stereocenters. The highest BCUT2D eigenvalue weighted by Crippen LogP contribution is 2.29. The van der Waals surface area contributed by atoms with E-state index in [1.807, 2.05) is 31.2 Å². The lowest BCUT2D eigenvalue weighted by molar-refractivity contribution is 0.0871. The molecule has 0 aliphatic carbocycles. The Bertz CT molecular complexity index is 892. The maximum atomic E-state index is 13.1. The normalized spacial score (nSPS) is 16.1. The number of hydrogen-bond donors (Lipinski definition) is 1. The number of rotatable bonds is 6. The molecular weight excluding hydrogens is 372 g/mol. The first kappa shape index (κ1) is 19.0. The van der Waals surface area contributed by atoms with Gasteiger partial charge in [0.1, 0.15) is 9.77 Å². The maximum Gasteiger partial charge on any atom is 0.262 e. The number of carbonyl (C=O) groups excluding carboxylic acids is 1. The fourth-order valence-electron chi connectivity index (χ4n) is 2.88. The minimum absolute atomic E-state index is 0.0736. The van der Waals surface area contributed by atoms with Gasteiger partial charge in [-0.2, -0.15) is 4.31 Å². The molecule has 0 saturated carbocycles. The number of nitrogens with zero attached hydrogens (tertiary/aromatic N) is 1. The monoisotopic (exact) mass is 394 g/mol. The summed E-state index contributed by atoms with van der Waals surface area (Å²) in [5.41, 5.74) is 2.19. The van der Waals surface area contributed by atoms with Gasteiger partial charge in [-0.1, -0.05) is 24.3 Å². The van der Waals surface area contributed by atoms with Gasteiger partial charge in [0, 0.05) is 26.7 Å². The predicted molar refractivity (Wildman–Crippen MR) is 101 cm³/mol. The zero-order chi connectivity index (χ0) is 18.7. The van der Waals surface area contributed by atoms with Crippen molar-refractivity contribution in [2.24, 2.45) is 0 Å². The summed E-state index contributed by atoms with van der Waals surface area (Å²) in [6.07, 6.45) is 0.532. The second-order valence-electron chi connectivity index (χ2n) is 6.23. The third kappa shape index (κ3) is 3.83. The summed E-state index contributed by atoms with van der Waals surface area (Å²) in [7, 11) is -2.17. The first-order chi connectivity index (χ1) is 12.4. The van der Waals surface area contributed by atoms with Gasteiger partial charge in [-0.05, 0) is 35.9 Å². The Kier molecular flexibility index (Phi) is 5.76. The molecule has 1 aliphatic heterocycles. The highest BCUT2D eigenvalue weighted by molar-refractivity contribution is 7.89. The van der Waals surface area contributed by atoms with E-state index in [1.165, 1.54) is 15.9 Å². The Hall–Kier alpha value is -1.74. The number of hydrogen-bond acceptors (Lipinski definition) is 5. The molecule has 8 heteroatoms. The Morgan fingerprint density at radius 3 is 2.77 bits per heavy atom. The van der Waals surface area contributed by atoms with Crippen molar-refractivity contribution < 1.29 is 17.9 Å². The summed E-state index contributed by atoms with van der Waals surface area (Å²) in [5, 5.41) is 4.37. The Balaban J connectivity index is 1.81. The topological polar surface area (TPSA) is 75.7 Å². The Labute approximate surface area is 157 Å². The second-order valence-corrected chi connectivity index (χ2v) is 9.05. The van der Waals surface area contributed by atoms with E-state index in [2.05, 4.69) is 5.32 Å². The van der Waals surface area contributed by atoms with E-state index in [0.717, 1.165) is 16.9 Å². The van der Waals surface area contributed by atoms with E-state index in [-0.39, 0.29) is 21.8 Å². The van der Waals surface area contributed by atoms with Crippen LogP contribution in [0.15, 0.2) is 40.6 Å². The highest BCUT2D eigenvalue weighted by atomic mass is 32.2. The highest BCUT2D eigenvalue weighted by Gasteiger charge is 2.32. The molecule has 1 N–H and O–H groups in total. The number of benzene rings is 1. The lowest BCUT2D eigenvalue weighted by atomic mass is 10.0. The SMILES string of the molecule is COC(C)CNC(=O)c1sccc1S(=O)(=O)N1CCc2ccccc2C1. The van der Waals surface area contributed by atoms with Crippen molar-refractivity contribution in [3.8, 4) is 0 Å². The predicted octanol–water partition coefficient (Wildman–Crippen LogP) is 2.26. The van der Waals surface area contributed by atoms with Crippen molar-refractivity contribution in [2.75, 3.05) is 20.2 Å². The van der Waals surface area contributed by atoms with Crippen LogP contribution in [0.4, 0.5) is 0 Å². The molecule has 1 atom stereocenters. The molecule has 3 rings (SSSR count). The molecule has 6 nitrogen and oxygen atoms in total. The molecule has 0 radical (unpaired) electrons. The Morgan fingerprint density at radius 2 is 2.04 bits per heavy atom. The number of methoxy groups -OCH3 is 1. The molecule has 140 valence electrons. The molecule has 26 heavy (non-hydrogen) atoms. The molecule has 0 spiro atoms. The number of nitrogens with one attached hydrogen (secondary N) is 1. The molecule has 0 bridgehead atoms. The van der Waals surface area contributed by atoms with Gasteiger partial charge in [0.05, 0.1) is 6.10 Å². The summed E-state index contributed by atoms with van der Waals surface area (Å²) in [6, 6.07) is 9.36. The average Bonchev–Trinajstić information content (AvgIpc) is 3.16. The van der Waals surface area contributed by atoms with Crippen LogP contribution < -0.4 is 5.32 Å². The van der Waals surface area contributed by atoms with Gasteiger partial charge in [0.15, 0.2) is 0 Å². The number of sulfonamides is 1. The van der Waals surface area contributed by atoms with Gasteiger partial charge in [0.25, 0.3) is 5.91 Å². The molecule has 2 aromatic rings. The fourth-order valence-corrected chi connectivity index (χ4v) is 5.62. The zero-order valence-corrected chi connectivity index (χ0v) is 16.4. The van der Waals surface area contributed by atoms with Gasteiger partial charge in [-0.3, -0.25) is 4.79 Å². The minimum atomic E-state index is -3.73. The van der Waals surface area contributed by atoms with Gasteiger partial charge >= 0.3 is 0 Å². The number of ether oxygens (including phenoxy) is 1. The van der Waals surface area contributed by atoms with Crippen molar-refractivity contribution in [3.63, 3.8) is 0 Å². The van der Waals surface area contributed by atoms with E-state index < -0.39 is 10.0 Å². The second kappa shape index (κ2) is 7.87. The minimum Gasteiger partial charge on any atom is -0.380 e. The van der Waals surface area contributed by atoms with Crippen LogP contribution in [0.5, 0.6) is 0 Å². The van der Waals surface area contributed by atoms with Crippen LogP contribution in [0.25, 0.3) is 0 Å². The van der Waals surface area contributed by atoms with Crippen molar-refractivity contribution in [1.29, 1.82) is 0 Å². The zero-order valence-electron chi connectivity index (χ0n) is 14.8. The summed E-state index contributed by atoms with van der Waals surface area (Å²) in [6.45, 7) is 2.90. The standard InChI is InChI=1S/C18H22N2O4S2/c1-13(24-2)11-19-18(21)17-16(8-10-25-17)26(22,23)20-9-7-14-5-3-4-6-15(14)12-20/h3-6,8,10,13H,7,9,11-12H2,1-2H3,(H,19,21). The van der Waals surface area contributed by atoms with Crippen molar-refractivity contribution >= 4 is 27.3 Å². The number of thiophene rings is 1. The van der Waals surface area contributed by atoms with Crippen molar-refractivity contribution in [3.05, 3.63) is 51.7 Å². The summed E-state index contributed by atoms with van der Waals surface area (Å²) < 4.78 is 32.8. The number of amides is 1. The maximum absolute atomic E-state index is 13.1. The van der Waals surface area contributed by atoms with Gasteiger partial charge in [0.2, 0.25) is 10.0 Å². The van der Waals surface area contributed by atoms with Gasteiger partial charge in [-0.15, -0.1) is 11.3 Å². The van der Waals surface area contributed by atoms with Crippen LogP contribution in [-0.4, -0.2) is 44.9 Å². The fraction of sp³-hybridized carbons (Fsp3) is 0.389. The number of fused-ring (bicyclic) bond motifs is 1. The first-order valence-corrected chi connectivity index (χ1v) is 10.7. The molecule has 0 saturated heterocycles. The molecule has 1 aliphatic rings. The molecule has 0 fully saturated rings. The van der Waals surface area contributed by atoms with Crippen LogP contribution in [0, 0.1) is 0 Å². The first-order valence-electron chi connectivity index (χ1n) is 8.39. The largest absolute Gasteiger partial charge is 0.380 e. The lowest BCUT2D eigenvalue weighted by Gasteiger charge is -2.28. The van der Waals surface area contributed by atoms with Crippen LogP contribution >= 0.6 is 11.3 Å². The summed E-state index contributed by atoms with van der Waals surface area (Å²) in [4.78, 5) is 12.7. The molecule has 1 amide bonds. The van der Waals surface area contributed by atoms with E-state index in [0.29, 0.717) is 26.1 Å². The average molecular weight is 395 g/mol. The van der Waals surface area contributed by atoms with Crippen molar-refractivity contribution in [1.82, 2.24) is 9.62 Å². The van der Waals surface area contributed by atoms with E-state index >= 15 is 0 Å². The van der Waals surface area contributed by atoms with Crippen LogP contribution in [0.1, 0.15) is 27.7 Å². The van der Waals surface area contributed by atoms with E-state index in [9.17, 15) is 13.2 Å². The van der Waals surface area contributed by atoms with Crippen LogP contribution in [0.3, 0.4) is 0 Å². The molecular formula is C18H22N2O4S2. The summed E-state index contributed by atoms with van der Waals surface area (Å²) in [5.74, 6) is -0.389. The number of carbonyl (C=O) groups is 1. The molecule has 1 aromatic heterocycles. The molecule has 1 aromatic carbocycles. The smallest absolute Gasteiger partial charge is 0.262 e. The van der Waals surface area contributed by atoms with E-state index in [1.54, 1.807) is 12.5 Å². The third-order valence-electron chi connectivity index (χ3n) is 4.50. The Morgan fingerprint density at radius 1 is 1.31 bits per heavy atom. The quantitative estimate of drug-likeness (QED) is 0.815. The molecule has 2 heterocycles. The van der Waals surface area contributed by atoms with Crippen LogP contribution in [-0.2, 0) is 27.7 Å². The summed E-state index contributed by atoms with van der Waals surface area (Å²) >= 11 is 1.13. The lowest BCUT2D eigenvalue weighted by Crippen LogP contribution is -2.37. The third-order valence-corrected chi connectivity index (χ3v) is 7.43. The van der Waals surface area contributed by atoms with Crippen LogP contribution in [0.2, 0.25) is 0 Å². The van der Waals surface area contributed by atoms with Gasteiger partial charge < -0.3 is 10.1 Å².